The second kappa shape index (κ2) is 21.1. The van der Waals surface area contributed by atoms with Crippen LogP contribution in [0.3, 0.4) is 0 Å². The second-order valence-electron chi connectivity index (χ2n) is 19.0. The van der Waals surface area contributed by atoms with E-state index in [2.05, 4.69) is 36.8 Å². The molecule has 6 aromatic rings. The minimum atomic E-state index is -0.948. The topological polar surface area (TPSA) is 244 Å². The van der Waals surface area contributed by atoms with Gasteiger partial charge in [-0.05, 0) is 138 Å². The SMILES string of the molecule is CC(C)(C)OC(=O)NC1CC2(C1)CC(Oc1cc(Br)ccc1C(N)=O)C2.NC(=O)c1ccccc1OC1CC2(CC(NC(=O)c3cnn4ccccc34)C2)C1.O=C(O)c1cnn2ccccc12.[CH3-].[Pd]. The van der Waals surface area contributed by atoms with E-state index in [1.165, 1.54) is 10.7 Å². The summed E-state index contributed by atoms with van der Waals surface area (Å²) < 4.78 is 21.4. The number of carbonyl (C=O) groups is 5. The third kappa shape index (κ3) is 12.1. The van der Waals surface area contributed by atoms with Gasteiger partial charge in [0.05, 0.1) is 52.3 Å². The number of nitrogens with zero attached hydrogens (tertiary/aromatic N) is 4. The molecule has 7 N–H and O–H groups in total. The van der Waals surface area contributed by atoms with Crippen LogP contribution in [0.5, 0.6) is 11.5 Å². The molecule has 4 fully saturated rings. The second-order valence-corrected chi connectivity index (χ2v) is 19.9. The summed E-state index contributed by atoms with van der Waals surface area (Å²) in [6.07, 6.45) is 13.8. The van der Waals surface area contributed by atoms with Gasteiger partial charge in [0.25, 0.3) is 17.7 Å². The smallest absolute Gasteiger partial charge is 0.407 e. The number of halogens is 1. The number of carboxylic acids is 1. The van der Waals surface area contributed by atoms with E-state index in [0.717, 1.165) is 61.4 Å². The van der Waals surface area contributed by atoms with E-state index >= 15 is 0 Å². The summed E-state index contributed by atoms with van der Waals surface area (Å²) in [7, 11) is 0. The molecule has 4 aliphatic carbocycles. The first kappa shape index (κ1) is 52.1. The van der Waals surface area contributed by atoms with Crippen LogP contribution in [0, 0.1) is 18.3 Å². The van der Waals surface area contributed by atoms with E-state index in [-0.39, 0.29) is 80.5 Å². The molecule has 69 heavy (non-hydrogen) atoms. The number of amides is 4. The molecule has 0 saturated heterocycles. The summed E-state index contributed by atoms with van der Waals surface area (Å²) in [6.45, 7) is 5.56. The van der Waals surface area contributed by atoms with Crippen LogP contribution >= 0.6 is 15.9 Å². The maximum Gasteiger partial charge on any atom is 0.407 e. The number of primary amides is 2. The fraction of sp³-hybridized carbons (Fsp3) is 0.360. The van der Waals surface area contributed by atoms with Crippen molar-refractivity contribution < 1.29 is 63.7 Å². The van der Waals surface area contributed by atoms with Gasteiger partial charge < -0.3 is 48.8 Å². The minimum Gasteiger partial charge on any atom is -0.490 e. The van der Waals surface area contributed by atoms with Crippen LogP contribution in [0.2, 0.25) is 0 Å². The average Bonchev–Trinajstić information content (AvgIpc) is 3.86. The summed E-state index contributed by atoms with van der Waals surface area (Å²) in [5.74, 6) is -0.920. The van der Waals surface area contributed by atoms with Crippen LogP contribution in [0.25, 0.3) is 11.0 Å². The van der Waals surface area contributed by atoms with Crippen molar-refractivity contribution >= 4 is 56.7 Å². The third-order valence-corrected chi connectivity index (χ3v) is 13.2. The molecule has 4 amide bonds. The molecule has 4 heterocycles. The van der Waals surface area contributed by atoms with Crippen LogP contribution in [0.1, 0.15) is 114 Å². The number of alkyl carbamates (subject to hydrolysis) is 1. The first-order valence-corrected chi connectivity index (χ1v) is 22.9. The number of ether oxygens (including phenoxy) is 3. The van der Waals surface area contributed by atoms with Gasteiger partial charge in [-0.3, -0.25) is 14.4 Å². The van der Waals surface area contributed by atoms with E-state index in [0.29, 0.717) is 33.7 Å². The van der Waals surface area contributed by atoms with E-state index in [9.17, 15) is 24.0 Å². The number of hydrogen-bond donors (Lipinski definition) is 5. The van der Waals surface area contributed by atoms with Crippen molar-refractivity contribution in [2.75, 3.05) is 0 Å². The van der Waals surface area contributed by atoms with E-state index in [1.807, 2.05) is 51.2 Å². The Morgan fingerprint density at radius 2 is 1.14 bits per heavy atom. The van der Waals surface area contributed by atoms with Gasteiger partial charge >= 0.3 is 12.1 Å². The Kier molecular flexibility index (Phi) is 16.0. The normalized spacial score (nSPS) is 22.7. The van der Waals surface area contributed by atoms with Crippen molar-refractivity contribution in [1.82, 2.24) is 29.9 Å². The van der Waals surface area contributed by atoms with Crippen molar-refractivity contribution in [1.29, 1.82) is 0 Å². The molecule has 0 aliphatic heterocycles. The Morgan fingerprint density at radius 1 is 0.667 bits per heavy atom. The number of benzene rings is 2. The molecular weight excluding hydrogens is 1040 g/mol. The van der Waals surface area contributed by atoms with Crippen LogP contribution in [-0.4, -0.2) is 84.0 Å². The zero-order chi connectivity index (χ0) is 47.7. The molecule has 10 rings (SSSR count). The number of carbonyl (C=O) groups excluding carboxylic acids is 4. The summed E-state index contributed by atoms with van der Waals surface area (Å²) in [5, 5.41) is 22.9. The standard InChI is InChI=1S/C22H22N4O3.C19H25BrN2O4.C8H6N2O2.CH3.Pd/c23-20(27)16-5-1-2-7-19(16)29-15-11-22(12-15)9-14(10-22)25-21(28)17-13-24-26-8-4-3-6-18(17)26;1-18(2,3)26-17(24)22-12-7-19(8-12)9-13(10-19)25-15-6-11(20)4-5-14(15)16(21)23;11-8(12)6-5-9-10-4-2-1-3-7(6)10;;/h1-8,13-15H,9-12H2,(H2,23,27)(H,25,28);4-6,12-13H,7-10H2,1-3H3,(H2,21,23)(H,22,24);1-5H,(H,11,12);1H3;/q;;;-1;. The van der Waals surface area contributed by atoms with Gasteiger partial charge in [0, 0.05) is 49.4 Å². The molecule has 0 unspecified atom stereocenters. The van der Waals surface area contributed by atoms with Crippen LogP contribution < -0.4 is 31.6 Å². The number of hydrogen-bond acceptors (Lipinski definition) is 10. The molecule has 0 radical (unpaired) electrons. The van der Waals surface area contributed by atoms with E-state index in [1.54, 1.807) is 71.5 Å². The molecular formula is C50H56BrN8O9Pd-. The number of fused-ring (bicyclic) bond motifs is 2. The Bertz CT molecular complexity index is 2830. The van der Waals surface area contributed by atoms with Crippen molar-refractivity contribution in [3.8, 4) is 11.5 Å². The molecule has 4 aromatic heterocycles. The summed E-state index contributed by atoms with van der Waals surface area (Å²) in [6, 6.07) is 23.6. The van der Waals surface area contributed by atoms with Gasteiger partial charge in [0.15, 0.2) is 0 Å². The molecule has 19 heteroatoms. The molecule has 368 valence electrons. The molecule has 17 nitrogen and oxygen atoms in total. The van der Waals surface area contributed by atoms with Crippen molar-refractivity contribution in [3.05, 3.63) is 138 Å². The average molecular weight is 1100 g/mol. The Hall–Kier alpha value is -6.29. The molecule has 2 aromatic carbocycles. The monoisotopic (exact) mass is 1100 g/mol. The first-order valence-electron chi connectivity index (χ1n) is 22.1. The van der Waals surface area contributed by atoms with Crippen molar-refractivity contribution in [3.63, 3.8) is 0 Å². The number of para-hydroxylation sites is 1. The van der Waals surface area contributed by atoms with Crippen molar-refractivity contribution in [2.24, 2.45) is 22.3 Å². The number of pyridine rings is 2. The maximum absolute atomic E-state index is 12.6. The molecule has 4 saturated carbocycles. The number of rotatable bonds is 10. The van der Waals surface area contributed by atoms with Gasteiger partial charge in [-0.2, -0.15) is 10.2 Å². The quantitative estimate of drug-likeness (QED) is 0.0655. The zero-order valence-electron chi connectivity index (χ0n) is 38.6. The number of aromatic nitrogens is 4. The molecule has 2 spiro atoms. The number of nitrogens with two attached hydrogens (primary N) is 2. The fourth-order valence-corrected chi connectivity index (χ4v) is 10.0. The first-order chi connectivity index (χ1) is 31.9. The van der Waals surface area contributed by atoms with Crippen LogP contribution in [-0.2, 0) is 25.2 Å². The van der Waals surface area contributed by atoms with Gasteiger partial charge in [0.2, 0.25) is 0 Å². The van der Waals surface area contributed by atoms with Gasteiger partial charge in [0.1, 0.15) is 22.7 Å². The Labute approximate surface area is 421 Å². The zero-order valence-corrected chi connectivity index (χ0v) is 41.8. The van der Waals surface area contributed by atoms with Crippen molar-refractivity contribution in [2.45, 2.75) is 102 Å². The number of nitrogens with one attached hydrogen (secondary N) is 2. The van der Waals surface area contributed by atoms with Gasteiger partial charge in [-0.1, -0.05) is 40.2 Å². The number of aromatic carboxylic acids is 1. The molecule has 0 bridgehead atoms. The summed E-state index contributed by atoms with van der Waals surface area (Å²) in [4.78, 5) is 58.1. The number of carboxylic acid groups (broad SMARTS) is 1. The van der Waals surface area contributed by atoms with Gasteiger partial charge in [-0.25, -0.2) is 18.6 Å². The van der Waals surface area contributed by atoms with E-state index < -0.39 is 23.4 Å². The fourth-order valence-electron chi connectivity index (χ4n) is 9.70. The summed E-state index contributed by atoms with van der Waals surface area (Å²) >= 11 is 3.39. The summed E-state index contributed by atoms with van der Waals surface area (Å²) in [5.41, 5.74) is 13.9. The Morgan fingerprint density at radius 3 is 1.68 bits per heavy atom. The minimum absolute atomic E-state index is 0. The largest absolute Gasteiger partial charge is 0.490 e. The molecule has 4 aliphatic rings. The van der Waals surface area contributed by atoms with Crippen LogP contribution in [0.4, 0.5) is 4.79 Å². The predicted molar refractivity (Wildman–Crippen MR) is 256 cm³/mol. The Balaban J connectivity index is 0.000000180. The predicted octanol–water partition coefficient (Wildman–Crippen LogP) is 7.80. The molecule has 0 atom stereocenters. The van der Waals surface area contributed by atoms with Gasteiger partial charge in [-0.15, -0.1) is 0 Å². The third-order valence-electron chi connectivity index (χ3n) is 12.7. The van der Waals surface area contributed by atoms with Crippen LogP contribution in [0.15, 0.2) is 108 Å². The van der Waals surface area contributed by atoms with E-state index in [4.69, 9.17) is 30.8 Å². The maximum atomic E-state index is 12.6.